The molecule has 0 spiro atoms. The van der Waals surface area contributed by atoms with Gasteiger partial charge >= 0.3 is 0 Å². The summed E-state index contributed by atoms with van der Waals surface area (Å²) < 4.78 is 16.2. The lowest BCUT2D eigenvalue weighted by Gasteiger charge is -2.09. The molecular weight excluding hydrogens is 246 g/mol. The topological polar surface area (TPSA) is 84.2 Å². The molecule has 2 aromatic rings. The molecule has 1 unspecified atom stereocenters. The van der Waals surface area contributed by atoms with E-state index in [-0.39, 0.29) is 11.8 Å². The molecule has 0 bridgehead atoms. The third kappa shape index (κ3) is 2.46. The van der Waals surface area contributed by atoms with Gasteiger partial charge in [-0.1, -0.05) is 0 Å². The standard InChI is InChI=1S/C13H13N3O3/c14-7-10-12(15-8-9-3-1-5-17-9)19-13(16-10)11-4-2-6-18-11/h2,4,6,9,15H,1,3,5,8H2. The molecule has 1 aliphatic heterocycles. The number of anilines is 1. The minimum atomic E-state index is 0.170. The van der Waals surface area contributed by atoms with Crippen molar-refractivity contribution in [3.63, 3.8) is 0 Å². The van der Waals surface area contributed by atoms with Crippen LogP contribution in [0.15, 0.2) is 27.2 Å². The van der Waals surface area contributed by atoms with Crippen molar-refractivity contribution in [2.75, 3.05) is 18.5 Å². The molecule has 6 nitrogen and oxygen atoms in total. The maximum absolute atomic E-state index is 9.05. The van der Waals surface area contributed by atoms with Crippen molar-refractivity contribution in [1.29, 1.82) is 5.26 Å². The predicted molar refractivity (Wildman–Crippen MR) is 66.4 cm³/mol. The zero-order chi connectivity index (χ0) is 13.1. The van der Waals surface area contributed by atoms with Crippen LogP contribution in [0.25, 0.3) is 11.7 Å². The van der Waals surface area contributed by atoms with Crippen LogP contribution in [-0.4, -0.2) is 24.2 Å². The average Bonchev–Trinajstić information content (AvgIpc) is 3.16. The molecule has 0 saturated carbocycles. The van der Waals surface area contributed by atoms with Gasteiger partial charge in [0.05, 0.1) is 12.4 Å². The van der Waals surface area contributed by atoms with Gasteiger partial charge in [0.15, 0.2) is 5.76 Å². The van der Waals surface area contributed by atoms with E-state index in [2.05, 4.69) is 10.3 Å². The van der Waals surface area contributed by atoms with Crippen LogP contribution < -0.4 is 5.32 Å². The van der Waals surface area contributed by atoms with Crippen LogP contribution in [0.5, 0.6) is 0 Å². The number of hydrogen-bond acceptors (Lipinski definition) is 6. The van der Waals surface area contributed by atoms with Gasteiger partial charge in [-0.05, 0) is 25.0 Å². The van der Waals surface area contributed by atoms with Crippen molar-refractivity contribution in [2.24, 2.45) is 0 Å². The predicted octanol–water partition coefficient (Wildman–Crippen LogP) is 2.40. The quantitative estimate of drug-likeness (QED) is 0.907. The van der Waals surface area contributed by atoms with Crippen LogP contribution in [0.2, 0.25) is 0 Å². The summed E-state index contributed by atoms with van der Waals surface area (Å²) in [6.07, 6.45) is 3.80. The van der Waals surface area contributed by atoms with Gasteiger partial charge in [0, 0.05) is 13.2 Å². The van der Waals surface area contributed by atoms with Crippen molar-refractivity contribution >= 4 is 5.88 Å². The zero-order valence-electron chi connectivity index (χ0n) is 10.3. The van der Waals surface area contributed by atoms with E-state index in [9.17, 15) is 0 Å². The van der Waals surface area contributed by atoms with Gasteiger partial charge in [-0.2, -0.15) is 10.2 Å². The molecule has 98 valence electrons. The first-order valence-corrected chi connectivity index (χ1v) is 6.17. The maximum Gasteiger partial charge on any atom is 0.266 e. The van der Waals surface area contributed by atoms with Gasteiger partial charge in [-0.25, -0.2) is 0 Å². The number of nitrogens with zero attached hydrogens (tertiary/aromatic N) is 2. The Kier molecular flexibility index (Phi) is 3.21. The average molecular weight is 259 g/mol. The Bertz CT molecular complexity index is 577. The number of rotatable bonds is 4. The number of hydrogen-bond donors (Lipinski definition) is 1. The van der Waals surface area contributed by atoms with Crippen LogP contribution in [0.3, 0.4) is 0 Å². The highest BCUT2D eigenvalue weighted by molar-refractivity contribution is 5.54. The monoisotopic (exact) mass is 259 g/mol. The Balaban J connectivity index is 1.75. The van der Waals surface area contributed by atoms with E-state index in [1.165, 1.54) is 6.26 Å². The van der Waals surface area contributed by atoms with Crippen molar-refractivity contribution < 1.29 is 13.6 Å². The third-order valence-electron chi connectivity index (χ3n) is 2.98. The smallest absolute Gasteiger partial charge is 0.266 e. The van der Waals surface area contributed by atoms with Gasteiger partial charge < -0.3 is 18.9 Å². The van der Waals surface area contributed by atoms with Crippen LogP contribution in [-0.2, 0) is 4.74 Å². The van der Waals surface area contributed by atoms with Gasteiger partial charge in [-0.15, -0.1) is 0 Å². The number of ether oxygens (including phenoxy) is 1. The number of furan rings is 1. The summed E-state index contributed by atoms with van der Waals surface area (Å²) >= 11 is 0. The van der Waals surface area contributed by atoms with Crippen molar-refractivity contribution in [2.45, 2.75) is 18.9 Å². The maximum atomic E-state index is 9.05. The van der Waals surface area contributed by atoms with Crippen LogP contribution in [0.4, 0.5) is 5.88 Å². The summed E-state index contributed by atoms with van der Waals surface area (Å²) in [5.41, 5.74) is 0.226. The van der Waals surface area contributed by atoms with E-state index in [1.54, 1.807) is 12.1 Å². The lowest BCUT2D eigenvalue weighted by atomic mass is 10.2. The molecule has 1 fully saturated rings. The normalized spacial score (nSPS) is 18.4. The lowest BCUT2D eigenvalue weighted by Crippen LogP contribution is -2.18. The number of oxazole rings is 1. The van der Waals surface area contributed by atoms with Gasteiger partial charge in [0.2, 0.25) is 11.6 Å². The van der Waals surface area contributed by atoms with E-state index in [0.717, 1.165) is 19.4 Å². The van der Waals surface area contributed by atoms with Crippen molar-refractivity contribution in [3.05, 3.63) is 24.1 Å². The van der Waals surface area contributed by atoms with Gasteiger partial charge in [0.25, 0.3) is 5.89 Å². The lowest BCUT2D eigenvalue weighted by molar-refractivity contribution is 0.120. The van der Waals surface area contributed by atoms with Gasteiger partial charge in [0.1, 0.15) is 6.07 Å². The zero-order valence-corrected chi connectivity index (χ0v) is 10.3. The first-order valence-electron chi connectivity index (χ1n) is 6.17. The molecule has 1 saturated heterocycles. The Morgan fingerprint density at radius 2 is 2.47 bits per heavy atom. The Morgan fingerprint density at radius 1 is 1.53 bits per heavy atom. The number of nitriles is 1. The molecule has 3 rings (SSSR count). The fraction of sp³-hybridized carbons (Fsp3) is 0.385. The van der Waals surface area contributed by atoms with E-state index < -0.39 is 0 Å². The van der Waals surface area contributed by atoms with Gasteiger partial charge in [-0.3, -0.25) is 0 Å². The fourth-order valence-electron chi connectivity index (χ4n) is 2.03. The Hall–Kier alpha value is -2.26. The van der Waals surface area contributed by atoms with Crippen LogP contribution in [0, 0.1) is 11.3 Å². The summed E-state index contributed by atoms with van der Waals surface area (Å²) in [4.78, 5) is 4.09. The highest BCUT2D eigenvalue weighted by Crippen LogP contribution is 2.26. The highest BCUT2D eigenvalue weighted by atomic mass is 16.5. The largest absolute Gasteiger partial charge is 0.459 e. The van der Waals surface area contributed by atoms with Crippen molar-refractivity contribution in [3.8, 4) is 17.7 Å². The molecule has 0 radical (unpaired) electrons. The molecule has 1 N–H and O–H groups in total. The van der Waals surface area contributed by atoms with Crippen LogP contribution >= 0.6 is 0 Å². The summed E-state index contributed by atoms with van der Waals surface area (Å²) in [5.74, 6) is 1.17. The molecule has 19 heavy (non-hydrogen) atoms. The van der Waals surface area contributed by atoms with Crippen LogP contribution in [0.1, 0.15) is 18.5 Å². The third-order valence-corrected chi connectivity index (χ3v) is 2.98. The molecule has 3 heterocycles. The second kappa shape index (κ2) is 5.16. The van der Waals surface area contributed by atoms with E-state index in [4.69, 9.17) is 18.8 Å². The molecule has 0 amide bonds. The number of aromatic nitrogens is 1. The first-order chi connectivity index (χ1) is 9.36. The van der Waals surface area contributed by atoms with E-state index in [1.807, 2.05) is 6.07 Å². The summed E-state index contributed by atoms with van der Waals surface area (Å²) in [6, 6.07) is 5.48. The molecular formula is C13H13N3O3. The first kappa shape index (κ1) is 11.8. The van der Waals surface area contributed by atoms with Crippen molar-refractivity contribution in [1.82, 2.24) is 4.98 Å². The minimum Gasteiger partial charge on any atom is -0.459 e. The van der Waals surface area contributed by atoms with E-state index in [0.29, 0.717) is 24.1 Å². The molecule has 6 heteroatoms. The molecule has 1 aliphatic rings. The van der Waals surface area contributed by atoms with E-state index >= 15 is 0 Å². The SMILES string of the molecule is N#Cc1nc(-c2ccco2)oc1NCC1CCCO1. The number of nitrogens with one attached hydrogen (secondary N) is 1. The fourth-order valence-corrected chi connectivity index (χ4v) is 2.03. The second-order valence-electron chi connectivity index (χ2n) is 4.30. The minimum absolute atomic E-state index is 0.170. The summed E-state index contributed by atoms with van der Waals surface area (Å²) in [6.45, 7) is 1.41. The molecule has 1 atom stereocenters. The summed E-state index contributed by atoms with van der Waals surface area (Å²) in [5, 5.41) is 12.1. The molecule has 2 aromatic heterocycles. The Labute approximate surface area is 110 Å². The second-order valence-corrected chi connectivity index (χ2v) is 4.30. The summed E-state index contributed by atoms with van der Waals surface area (Å²) in [7, 11) is 0. The highest BCUT2D eigenvalue weighted by Gasteiger charge is 2.19. The molecule has 0 aliphatic carbocycles. The Morgan fingerprint density at radius 3 is 3.16 bits per heavy atom. The molecule has 0 aromatic carbocycles.